The molecular weight excluding hydrogens is 328 g/mol. The van der Waals surface area contributed by atoms with Gasteiger partial charge in [0.25, 0.3) is 0 Å². The highest BCUT2D eigenvalue weighted by molar-refractivity contribution is 5.75. The topological polar surface area (TPSA) is 132 Å². The molecule has 1 saturated carbocycles. The van der Waals surface area contributed by atoms with Gasteiger partial charge in [0, 0.05) is 0 Å². The van der Waals surface area contributed by atoms with E-state index in [1.54, 1.807) is 19.1 Å². The summed E-state index contributed by atoms with van der Waals surface area (Å²) in [5, 5.41) is 26.0. The van der Waals surface area contributed by atoms with Gasteiger partial charge in [0.1, 0.15) is 30.2 Å². The number of hydrogen-bond acceptors (Lipinski definition) is 8. The molecule has 3 heterocycles. The van der Waals surface area contributed by atoms with Gasteiger partial charge >= 0.3 is 5.97 Å². The number of aliphatic hydroxyl groups is 2. The predicted molar refractivity (Wildman–Crippen MR) is 85.3 cm³/mol. The van der Waals surface area contributed by atoms with Gasteiger partial charge < -0.3 is 25.4 Å². The quantitative estimate of drug-likeness (QED) is 0.636. The van der Waals surface area contributed by atoms with Crippen LogP contribution >= 0.6 is 0 Å². The summed E-state index contributed by atoms with van der Waals surface area (Å²) in [4.78, 5) is 15.7. The van der Waals surface area contributed by atoms with Crippen LogP contribution in [-0.2, 0) is 19.9 Å². The molecule has 0 unspecified atom stereocenters. The molecule has 4 rings (SSSR count). The Morgan fingerprint density at radius 3 is 3.00 bits per heavy atom. The molecule has 0 spiro atoms. The summed E-state index contributed by atoms with van der Waals surface area (Å²) in [5.74, 6) is -0.0734. The van der Waals surface area contributed by atoms with Gasteiger partial charge in [-0.05, 0) is 31.9 Å². The van der Waals surface area contributed by atoms with Crippen molar-refractivity contribution in [1.29, 1.82) is 0 Å². The lowest BCUT2D eigenvalue weighted by atomic mass is 9.86. The third kappa shape index (κ3) is 2.46. The number of aliphatic hydroxyl groups excluding tert-OH is 1. The van der Waals surface area contributed by atoms with E-state index in [-0.39, 0.29) is 30.9 Å². The summed E-state index contributed by atoms with van der Waals surface area (Å²) in [7, 11) is 0. The SMILES string of the molecule is C[C@]1(COC(=O)C2CC2)OC[C@@](O)(c2ccc3c(N)ncnn23)[C@@H]1O. The minimum Gasteiger partial charge on any atom is -0.462 e. The Hall–Kier alpha value is -2.23. The monoisotopic (exact) mass is 348 g/mol. The summed E-state index contributed by atoms with van der Waals surface area (Å²) in [6, 6.07) is 3.28. The molecule has 0 radical (unpaired) electrons. The van der Waals surface area contributed by atoms with E-state index >= 15 is 0 Å². The molecule has 9 nitrogen and oxygen atoms in total. The van der Waals surface area contributed by atoms with Crippen LogP contribution in [0.1, 0.15) is 25.5 Å². The highest BCUT2D eigenvalue weighted by Gasteiger charge is 2.58. The first-order valence-corrected chi connectivity index (χ1v) is 8.15. The molecule has 4 N–H and O–H groups in total. The zero-order chi connectivity index (χ0) is 17.8. The molecule has 25 heavy (non-hydrogen) atoms. The number of nitrogens with zero attached hydrogens (tertiary/aromatic N) is 3. The van der Waals surface area contributed by atoms with Crippen molar-refractivity contribution in [3.63, 3.8) is 0 Å². The Bertz CT molecular complexity index is 835. The lowest BCUT2D eigenvalue weighted by Gasteiger charge is -2.31. The number of fused-ring (bicyclic) bond motifs is 1. The van der Waals surface area contributed by atoms with Crippen molar-refractivity contribution in [3.8, 4) is 0 Å². The number of carbonyl (C=O) groups is 1. The zero-order valence-electron chi connectivity index (χ0n) is 13.8. The molecule has 9 heteroatoms. The Labute approximate surface area is 143 Å². The van der Waals surface area contributed by atoms with E-state index in [9.17, 15) is 15.0 Å². The molecule has 2 aliphatic rings. The van der Waals surface area contributed by atoms with E-state index < -0.39 is 17.3 Å². The second-order valence-corrected chi connectivity index (χ2v) is 6.97. The molecule has 134 valence electrons. The lowest BCUT2D eigenvalue weighted by Crippen LogP contribution is -2.50. The van der Waals surface area contributed by atoms with Crippen LogP contribution in [-0.4, -0.2) is 55.7 Å². The molecule has 2 aromatic heterocycles. The maximum atomic E-state index is 11.8. The van der Waals surface area contributed by atoms with Crippen molar-refractivity contribution in [3.05, 3.63) is 24.2 Å². The van der Waals surface area contributed by atoms with Gasteiger partial charge in [-0.1, -0.05) is 0 Å². The number of esters is 1. The molecule has 2 aromatic rings. The van der Waals surface area contributed by atoms with Crippen molar-refractivity contribution in [2.45, 2.75) is 37.1 Å². The summed E-state index contributed by atoms with van der Waals surface area (Å²) < 4.78 is 12.3. The molecule has 2 fully saturated rings. The summed E-state index contributed by atoms with van der Waals surface area (Å²) in [6.07, 6.45) is 1.62. The zero-order valence-corrected chi connectivity index (χ0v) is 13.8. The van der Waals surface area contributed by atoms with Crippen LogP contribution in [0.5, 0.6) is 0 Å². The molecular formula is C16H20N4O5. The number of ether oxygens (including phenoxy) is 2. The Balaban J connectivity index is 1.61. The number of nitrogens with two attached hydrogens (primary N) is 1. The number of nitrogen functional groups attached to an aromatic ring is 1. The minimum atomic E-state index is -1.71. The van der Waals surface area contributed by atoms with Crippen molar-refractivity contribution in [1.82, 2.24) is 14.6 Å². The molecule has 1 aliphatic carbocycles. The highest BCUT2D eigenvalue weighted by atomic mass is 16.6. The third-order valence-electron chi connectivity index (χ3n) is 4.99. The molecule has 0 bridgehead atoms. The van der Waals surface area contributed by atoms with Crippen molar-refractivity contribution in [2.24, 2.45) is 5.92 Å². The fraction of sp³-hybridized carbons (Fsp3) is 0.562. The fourth-order valence-corrected chi connectivity index (χ4v) is 3.20. The average molecular weight is 348 g/mol. The van der Waals surface area contributed by atoms with Gasteiger partial charge in [0.2, 0.25) is 0 Å². The standard InChI is InChI=1S/C16H20N4O5/c1-15(6-24-13(21)9-2-3-9)14(22)16(23,7-25-15)11-5-4-10-12(17)18-8-19-20(10)11/h4-5,8-9,14,22-23H,2-3,6-7H2,1H3,(H2,17,18,19)/t14-,15-,16-/m1/s1. The van der Waals surface area contributed by atoms with Crippen LogP contribution < -0.4 is 5.73 Å². The first-order valence-electron chi connectivity index (χ1n) is 8.15. The van der Waals surface area contributed by atoms with Crippen LogP contribution in [0, 0.1) is 5.92 Å². The second kappa shape index (κ2) is 5.38. The Morgan fingerprint density at radius 2 is 2.28 bits per heavy atom. The van der Waals surface area contributed by atoms with Crippen LogP contribution in [0.25, 0.3) is 5.52 Å². The van der Waals surface area contributed by atoms with Gasteiger partial charge in [-0.3, -0.25) is 4.79 Å². The normalized spacial score (nSPS) is 32.2. The Morgan fingerprint density at radius 1 is 1.52 bits per heavy atom. The van der Waals surface area contributed by atoms with Crippen molar-refractivity contribution < 1.29 is 24.5 Å². The van der Waals surface area contributed by atoms with Gasteiger partial charge in [-0.25, -0.2) is 9.50 Å². The van der Waals surface area contributed by atoms with Crippen LogP contribution in [0.15, 0.2) is 18.5 Å². The van der Waals surface area contributed by atoms with E-state index in [1.807, 2.05) is 0 Å². The molecule has 3 atom stereocenters. The van der Waals surface area contributed by atoms with Gasteiger partial charge in [-0.15, -0.1) is 0 Å². The number of aromatic nitrogens is 3. The summed E-state index contributed by atoms with van der Waals surface area (Å²) in [6.45, 7) is 1.31. The van der Waals surface area contributed by atoms with Gasteiger partial charge in [0.05, 0.1) is 18.2 Å². The second-order valence-electron chi connectivity index (χ2n) is 6.97. The Kier molecular flexibility index (Phi) is 3.50. The number of hydrogen-bond donors (Lipinski definition) is 3. The summed E-state index contributed by atoms with van der Waals surface area (Å²) in [5.41, 5.74) is 3.73. The first-order chi connectivity index (χ1) is 11.8. The van der Waals surface area contributed by atoms with E-state index in [2.05, 4.69) is 10.1 Å². The number of carbonyl (C=O) groups excluding carboxylic acids is 1. The van der Waals surface area contributed by atoms with E-state index in [1.165, 1.54) is 10.8 Å². The predicted octanol–water partition coefficient (Wildman–Crippen LogP) is -0.398. The van der Waals surface area contributed by atoms with Crippen LogP contribution in [0.2, 0.25) is 0 Å². The van der Waals surface area contributed by atoms with Crippen LogP contribution in [0.4, 0.5) is 5.82 Å². The molecule has 0 aromatic carbocycles. The van der Waals surface area contributed by atoms with Gasteiger partial charge in [-0.2, -0.15) is 5.10 Å². The minimum absolute atomic E-state index is 0.0460. The first kappa shape index (κ1) is 16.2. The maximum Gasteiger partial charge on any atom is 0.309 e. The summed E-state index contributed by atoms with van der Waals surface area (Å²) >= 11 is 0. The van der Waals surface area contributed by atoms with E-state index in [0.29, 0.717) is 11.2 Å². The fourth-order valence-electron chi connectivity index (χ4n) is 3.20. The van der Waals surface area contributed by atoms with E-state index in [0.717, 1.165) is 12.8 Å². The smallest absolute Gasteiger partial charge is 0.309 e. The van der Waals surface area contributed by atoms with Gasteiger partial charge in [0.15, 0.2) is 11.4 Å². The highest BCUT2D eigenvalue weighted by Crippen LogP contribution is 2.41. The molecule has 0 amide bonds. The number of anilines is 1. The molecule has 1 aliphatic heterocycles. The lowest BCUT2D eigenvalue weighted by molar-refractivity contribution is -0.159. The average Bonchev–Trinajstić information content (AvgIpc) is 3.31. The van der Waals surface area contributed by atoms with Crippen molar-refractivity contribution in [2.75, 3.05) is 18.9 Å². The number of rotatable bonds is 4. The van der Waals surface area contributed by atoms with Crippen LogP contribution in [0.3, 0.4) is 0 Å². The van der Waals surface area contributed by atoms with E-state index in [4.69, 9.17) is 15.2 Å². The third-order valence-corrected chi connectivity index (χ3v) is 4.99. The maximum absolute atomic E-state index is 11.8. The largest absolute Gasteiger partial charge is 0.462 e. The molecule has 1 saturated heterocycles. The van der Waals surface area contributed by atoms with Crippen molar-refractivity contribution >= 4 is 17.3 Å².